The normalized spacial score (nSPS) is 16.2. The Morgan fingerprint density at radius 3 is 2.65 bits per heavy atom. The number of aryl methyl sites for hydroxylation is 1. The Hall–Kier alpha value is -2.91. The molecule has 0 atom stereocenters. The minimum atomic E-state index is -3.83. The number of ether oxygens (including phenoxy) is 1. The molecule has 0 saturated heterocycles. The molecule has 3 aromatic rings. The number of rotatable bonds is 4. The van der Waals surface area contributed by atoms with Crippen molar-refractivity contribution in [3.63, 3.8) is 0 Å². The van der Waals surface area contributed by atoms with E-state index in [4.69, 9.17) is 4.74 Å². The summed E-state index contributed by atoms with van der Waals surface area (Å²) in [5.41, 5.74) is 1.82. The number of sulfonamides is 1. The fourth-order valence-corrected chi connectivity index (χ4v) is 7.36. The lowest BCUT2D eigenvalue weighted by atomic mass is 9.95. The van der Waals surface area contributed by atoms with Crippen LogP contribution in [0.15, 0.2) is 41.3 Å². The summed E-state index contributed by atoms with van der Waals surface area (Å²) in [5, 5.41) is 4.64. The van der Waals surface area contributed by atoms with Crippen molar-refractivity contribution >= 4 is 54.7 Å². The average molecular weight is 457 g/mol. The number of nitrogens with one attached hydrogen (secondary N) is 1. The van der Waals surface area contributed by atoms with Gasteiger partial charge in [-0.15, -0.1) is 11.3 Å². The highest BCUT2D eigenvalue weighted by Crippen LogP contribution is 2.42. The molecule has 31 heavy (non-hydrogen) atoms. The number of anilines is 2. The van der Waals surface area contributed by atoms with Crippen molar-refractivity contribution in [1.29, 1.82) is 0 Å². The van der Waals surface area contributed by atoms with Gasteiger partial charge in [-0.2, -0.15) is 0 Å². The number of esters is 1. The fraction of sp³-hybridized carbons (Fsp3) is 0.273. The molecule has 0 spiro atoms. The van der Waals surface area contributed by atoms with Crippen LogP contribution in [0.1, 0.15) is 33.6 Å². The quantitative estimate of drug-likeness (QED) is 0.604. The molecule has 1 aromatic heterocycles. The maximum atomic E-state index is 13.1. The number of benzene rings is 2. The van der Waals surface area contributed by atoms with Crippen molar-refractivity contribution < 1.29 is 22.7 Å². The molecule has 1 aliphatic heterocycles. The second kappa shape index (κ2) is 7.35. The monoisotopic (exact) mass is 456 g/mol. The molecule has 0 fully saturated rings. The highest BCUT2D eigenvalue weighted by atomic mass is 32.2. The molecule has 7 nitrogen and oxygen atoms in total. The Balaban J connectivity index is 1.47. The molecule has 1 aliphatic carbocycles. The second-order valence-electron chi connectivity index (χ2n) is 7.60. The molecule has 0 unspecified atom stereocenters. The fourth-order valence-electron chi connectivity index (χ4n) is 4.40. The van der Waals surface area contributed by atoms with Crippen molar-refractivity contribution in [1.82, 2.24) is 0 Å². The van der Waals surface area contributed by atoms with Crippen LogP contribution in [0.4, 0.5) is 10.7 Å². The van der Waals surface area contributed by atoms with Gasteiger partial charge < -0.3 is 10.1 Å². The Bertz CT molecular complexity index is 1340. The van der Waals surface area contributed by atoms with Gasteiger partial charge in [0.1, 0.15) is 11.5 Å². The van der Waals surface area contributed by atoms with Crippen LogP contribution in [0.25, 0.3) is 10.8 Å². The summed E-state index contributed by atoms with van der Waals surface area (Å²) >= 11 is 1.37. The van der Waals surface area contributed by atoms with Crippen LogP contribution in [-0.2, 0) is 32.4 Å². The number of amides is 1. The van der Waals surface area contributed by atoms with E-state index in [2.05, 4.69) is 5.32 Å². The van der Waals surface area contributed by atoms with E-state index in [9.17, 15) is 18.0 Å². The van der Waals surface area contributed by atoms with Gasteiger partial charge in [0.15, 0.2) is 0 Å². The van der Waals surface area contributed by atoms with Gasteiger partial charge in [0.2, 0.25) is 5.91 Å². The number of carbonyl (C=O) groups excluding carboxylic acids is 2. The van der Waals surface area contributed by atoms with E-state index in [-0.39, 0.29) is 11.4 Å². The highest BCUT2D eigenvalue weighted by molar-refractivity contribution is 7.93. The van der Waals surface area contributed by atoms with Gasteiger partial charge in [-0.3, -0.25) is 9.10 Å². The zero-order valence-electron chi connectivity index (χ0n) is 16.8. The summed E-state index contributed by atoms with van der Waals surface area (Å²) in [6, 6.07) is 10.4. The summed E-state index contributed by atoms with van der Waals surface area (Å²) in [5.74, 6) is -0.988. The summed E-state index contributed by atoms with van der Waals surface area (Å²) in [6.45, 7) is -0.376. The van der Waals surface area contributed by atoms with Crippen LogP contribution in [0.2, 0.25) is 0 Å². The Labute approximate surface area is 183 Å². The first-order chi connectivity index (χ1) is 14.9. The lowest BCUT2D eigenvalue weighted by Crippen LogP contribution is -2.35. The van der Waals surface area contributed by atoms with Gasteiger partial charge >= 0.3 is 5.97 Å². The van der Waals surface area contributed by atoms with Gasteiger partial charge in [-0.25, -0.2) is 13.2 Å². The van der Waals surface area contributed by atoms with E-state index < -0.39 is 21.9 Å². The maximum absolute atomic E-state index is 13.1. The number of nitrogens with zero attached hydrogens (tertiary/aromatic N) is 1. The Morgan fingerprint density at radius 2 is 1.87 bits per heavy atom. The predicted molar refractivity (Wildman–Crippen MR) is 119 cm³/mol. The summed E-state index contributed by atoms with van der Waals surface area (Å²) in [4.78, 5) is 26.6. The highest BCUT2D eigenvalue weighted by Gasteiger charge is 2.37. The van der Waals surface area contributed by atoms with Crippen LogP contribution in [0.5, 0.6) is 0 Å². The SMILES string of the molecule is COC(=O)c1c(NC(=O)CN2c3cccc4cccc(c34)S2(=O)=O)sc2c1CCCC2. The zero-order valence-corrected chi connectivity index (χ0v) is 18.4. The third kappa shape index (κ3) is 3.11. The molecule has 1 N–H and O–H groups in total. The molecule has 2 heterocycles. The van der Waals surface area contributed by atoms with E-state index in [1.165, 1.54) is 18.4 Å². The smallest absolute Gasteiger partial charge is 0.341 e. The van der Waals surface area contributed by atoms with Crippen molar-refractivity contribution in [2.24, 2.45) is 0 Å². The third-order valence-electron chi connectivity index (χ3n) is 5.78. The first-order valence-electron chi connectivity index (χ1n) is 9.99. The van der Waals surface area contributed by atoms with E-state index in [1.54, 1.807) is 24.3 Å². The van der Waals surface area contributed by atoms with Crippen molar-refractivity contribution in [2.45, 2.75) is 30.6 Å². The minimum Gasteiger partial charge on any atom is -0.465 e. The standard InChI is InChI=1S/C22H20N2O5S2/c1-29-22(26)20-14-8-2-3-10-16(14)30-21(20)23-18(25)12-24-15-9-4-6-13-7-5-11-17(19(13)15)31(24,27)28/h4-7,9,11H,2-3,8,10,12H2,1H3,(H,23,25). The van der Waals surface area contributed by atoms with Gasteiger partial charge in [0, 0.05) is 10.3 Å². The van der Waals surface area contributed by atoms with Gasteiger partial charge in [-0.1, -0.05) is 24.3 Å². The number of thiophene rings is 1. The number of hydrogen-bond donors (Lipinski definition) is 1. The van der Waals surface area contributed by atoms with E-state index in [0.29, 0.717) is 21.6 Å². The molecule has 2 aliphatic rings. The first-order valence-corrected chi connectivity index (χ1v) is 12.2. The maximum Gasteiger partial charge on any atom is 0.341 e. The second-order valence-corrected chi connectivity index (χ2v) is 10.5. The van der Waals surface area contributed by atoms with Crippen LogP contribution in [0, 0.1) is 0 Å². The van der Waals surface area contributed by atoms with Gasteiger partial charge in [0.25, 0.3) is 10.0 Å². The molecule has 5 rings (SSSR count). The molecule has 9 heteroatoms. The van der Waals surface area contributed by atoms with Crippen molar-refractivity contribution in [3.05, 3.63) is 52.4 Å². The van der Waals surface area contributed by atoms with Crippen LogP contribution in [0.3, 0.4) is 0 Å². The molecular formula is C22H20N2O5S2. The molecule has 2 aromatic carbocycles. The molecular weight excluding hydrogens is 436 g/mol. The van der Waals surface area contributed by atoms with E-state index >= 15 is 0 Å². The zero-order chi connectivity index (χ0) is 21.8. The van der Waals surface area contributed by atoms with Crippen molar-refractivity contribution in [3.8, 4) is 0 Å². The lowest BCUT2D eigenvalue weighted by molar-refractivity contribution is -0.114. The molecule has 160 valence electrons. The number of carbonyl (C=O) groups is 2. The minimum absolute atomic E-state index is 0.204. The number of fused-ring (bicyclic) bond motifs is 1. The number of hydrogen-bond acceptors (Lipinski definition) is 6. The third-order valence-corrected chi connectivity index (χ3v) is 8.79. The Morgan fingerprint density at radius 1 is 1.13 bits per heavy atom. The molecule has 0 bridgehead atoms. The summed E-state index contributed by atoms with van der Waals surface area (Å²) in [7, 11) is -2.52. The topological polar surface area (TPSA) is 92.8 Å². The molecule has 0 radical (unpaired) electrons. The number of methoxy groups -OCH3 is 1. The predicted octanol–water partition coefficient (Wildman–Crippen LogP) is 3.71. The van der Waals surface area contributed by atoms with Crippen LogP contribution >= 0.6 is 11.3 Å². The summed E-state index contributed by atoms with van der Waals surface area (Å²) < 4.78 is 32.3. The van der Waals surface area contributed by atoms with Crippen LogP contribution < -0.4 is 9.62 Å². The average Bonchev–Trinajstić information content (AvgIpc) is 3.23. The lowest BCUT2D eigenvalue weighted by Gasteiger charge is -2.18. The summed E-state index contributed by atoms with van der Waals surface area (Å²) in [6.07, 6.45) is 3.65. The molecule has 0 saturated carbocycles. The van der Waals surface area contributed by atoms with Crippen LogP contribution in [-0.4, -0.2) is 33.9 Å². The Kier molecular flexibility index (Phi) is 4.75. The van der Waals surface area contributed by atoms with Crippen molar-refractivity contribution in [2.75, 3.05) is 23.3 Å². The molecule has 1 amide bonds. The largest absolute Gasteiger partial charge is 0.465 e. The van der Waals surface area contributed by atoms with Gasteiger partial charge in [0.05, 0.1) is 23.3 Å². The van der Waals surface area contributed by atoms with E-state index in [0.717, 1.165) is 45.8 Å². The first kappa shape index (κ1) is 20.0. The van der Waals surface area contributed by atoms with E-state index in [1.807, 2.05) is 12.1 Å². The van der Waals surface area contributed by atoms with Gasteiger partial charge in [-0.05, 0) is 48.8 Å².